The molecule has 3 rings (SSSR count). The van der Waals surface area contributed by atoms with E-state index in [1.807, 2.05) is 41.8 Å². The molecular formula is C19H18N4O3S. The fourth-order valence-electron chi connectivity index (χ4n) is 2.61. The predicted molar refractivity (Wildman–Crippen MR) is 103 cm³/mol. The fraction of sp³-hybridized carbons (Fsp3) is 0.211. The fourth-order valence-corrected chi connectivity index (χ4v) is 3.49. The lowest BCUT2D eigenvalue weighted by molar-refractivity contribution is -0.385. The van der Waals surface area contributed by atoms with E-state index in [2.05, 4.69) is 10.2 Å². The maximum atomic E-state index is 12.5. The number of carbonyl (C=O) groups excluding carboxylic acids is 1. The van der Waals surface area contributed by atoms with Crippen LogP contribution in [0.25, 0.3) is 0 Å². The van der Waals surface area contributed by atoms with E-state index >= 15 is 0 Å². The van der Waals surface area contributed by atoms with Gasteiger partial charge in [-0.15, -0.1) is 10.2 Å². The Morgan fingerprint density at radius 3 is 2.59 bits per heavy atom. The number of nitrogens with zero attached hydrogens (tertiary/aromatic N) is 4. The third-order valence-corrected chi connectivity index (χ3v) is 5.11. The summed E-state index contributed by atoms with van der Waals surface area (Å²) in [5.74, 6) is 0.711. The van der Waals surface area contributed by atoms with Crippen molar-refractivity contribution in [1.82, 2.24) is 14.8 Å². The molecular weight excluding hydrogens is 364 g/mol. The summed E-state index contributed by atoms with van der Waals surface area (Å²) in [5.41, 5.74) is 1.92. The zero-order chi connectivity index (χ0) is 19.4. The average Bonchev–Trinajstić information content (AvgIpc) is 3.00. The van der Waals surface area contributed by atoms with Crippen molar-refractivity contribution in [1.29, 1.82) is 0 Å². The topological polar surface area (TPSA) is 90.9 Å². The predicted octanol–water partition coefficient (Wildman–Crippen LogP) is 3.83. The van der Waals surface area contributed by atoms with Crippen molar-refractivity contribution in [2.45, 2.75) is 25.5 Å². The summed E-state index contributed by atoms with van der Waals surface area (Å²) in [4.78, 5) is 23.1. The molecule has 2 aromatic carbocycles. The Balaban J connectivity index is 1.73. The summed E-state index contributed by atoms with van der Waals surface area (Å²) in [6.45, 7) is 4.13. The van der Waals surface area contributed by atoms with Gasteiger partial charge in [-0.3, -0.25) is 14.9 Å². The summed E-state index contributed by atoms with van der Waals surface area (Å²) in [6.07, 6.45) is 0. The van der Waals surface area contributed by atoms with Gasteiger partial charge in [0.15, 0.2) is 10.9 Å². The van der Waals surface area contributed by atoms with Crippen molar-refractivity contribution in [2.24, 2.45) is 0 Å². The Morgan fingerprint density at radius 2 is 1.89 bits per heavy atom. The molecule has 0 aliphatic heterocycles. The number of Topliss-reactive ketones (excluding diaryl/α,β-unsaturated/α-hetero) is 1. The van der Waals surface area contributed by atoms with Crippen LogP contribution in [0.3, 0.4) is 0 Å². The molecule has 0 bridgehead atoms. The highest BCUT2D eigenvalue weighted by molar-refractivity contribution is 7.99. The average molecular weight is 382 g/mol. The zero-order valence-electron chi connectivity index (χ0n) is 15.0. The normalized spacial score (nSPS) is 10.7. The number of benzene rings is 2. The molecule has 8 heteroatoms. The largest absolute Gasteiger partial charge is 0.302 e. The molecule has 0 fully saturated rings. The second-order valence-electron chi connectivity index (χ2n) is 6.07. The van der Waals surface area contributed by atoms with E-state index in [0.717, 1.165) is 11.4 Å². The van der Waals surface area contributed by atoms with Crippen LogP contribution in [-0.4, -0.2) is 31.2 Å². The lowest BCUT2D eigenvalue weighted by atomic mass is 10.1. The highest BCUT2D eigenvalue weighted by atomic mass is 32.2. The highest BCUT2D eigenvalue weighted by Crippen LogP contribution is 2.23. The molecule has 0 atom stereocenters. The molecule has 0 radical (unpaired) electrons. The zero-order valence-corrected chi connectivity index (χ0v) is 15.8. The number of thioether (sulfide) groups is 1. The maximum absolute atomic E-state index is 12.5. The quantitative estimate of drug-likeness (QED) is 0.267. The van der Waals surface area contributed by atoms with E-state index in [4.69, 9.17) is 0 Å². The minimum absolute atomic E-state index is 0.0473. The molecule has 27 heavy (non-hydrogen) atoms. The molecule has 1 aromatic heterocycles. The molecule has 3 aromatic rings. The second kappa shape index (κ2) is 8.13. The SMILES string of the molecule is Cc1ccc(C(=O)CSc2nnc(C)n2Cc2ccccc2)cc1[N+](=O)[O-]. The molecule has 0 unspecified atom stereocenters. The van der Waals surface area contributed by atoms with Crippen LogP contribution in [0.2, 0.25) is 0 Å². The molecule has 0 saturated carbocycles. The van der Waals surface area contributed by atoms with Gasteiger partial charge in [-0.1, -0.05) is 54.2 Å². The minimum Gasteiger partial charge on any atom is -0.302 e. The molecule has 0 spiro atoms. The first-order valence-corrected chi connectivity index (χ1v) is 9.29. The van der Waals surface area contributed by atoms with Crippen LogP contribution in [0.5, 0.6) is 0 Å². The first kappa shape index (κ1) is 18.8. The molecule has 0 N–H and O–H groups in total. The van der Waals surface area contributed by atoms with Crippen molar-refractivity contribution in [3.05, 3.63) is 81.2 Å². The van der Waals surface area contributed by atoms with E-state index in [1.54, 1.807) is 19.1 Å². The van der Waals surface area contributed by atoms with Crippen molar-refractivity contribution in [2.75, 3.05) is 5.75 Å². The summed E-state index contributed by atoms with van der Waals surface area (Å²) in [6, 6.07) is 14.5. The van der Waals surface area contributed by atoms with Crippen LogP contribution >= 0.6 is 11.8 Å². The number of nitro benzene ring substituents is 1. The van der Waals surface area contributed by atoms with Gasteiger partial charge in [-0.25, -0.2) is 0 Å². The smallest absolute Gasteiger partial charge is 0.273 e. The lowest BCUT2D eigenvalue weighted by Gasteiger charge is -2.08. The van der Waals surface area contributed by atoms with Crippen LogP contribution in [0.4, 0.5) is 5.69 Å². The van der Waals surface area contributed by atoms with Gasteiger partial charge in [0.25, 0.3) is 5.69 Å². The summed E-state index contributed by atoms with van der Waals surface area (Å²) < 4.78 is 1.95. The third kappa shape index (κ3) is 4.40. The molecule has 0 amide bonds. The van der Waals surface area contributed by atoms with Gasteiger partial charge in [-0.05, 0) is 19.4 Å². The van der Waals surface area contributed by atoms with Crippen LogP contribution in [0.15, 0.2) is 53.7 Å². The first-order chi connectivity index (χ1) is 13.0. The third-order valence-electron chi connectivity index (χ3n) is 4.15. The number of aryl methyl sites for hydroxylation is 2. The molecule has 0 saturated heterocycles. The number of hydrogen-bond acceptors (Lipinski definition) is 6. The van der Waals surface area contributed by atoms with Crippen LogP contribution in [0, 0.1) is 24.0 Å². The van der Waals surface area contributed by atoms with Crippen molar-refractivity contribution in [3.8, 4) is 0 Å². The Bertz CT molecular complexity index is 986. The van der Waals surface area contributed by atoms with E-state index in [9.17, 15) is 14.9 Å². The van der Waals surface area contributed by atoms with Gasteiger partial charge in [0, 0.05) is 17.2 Å². The Hall–Kier alpha value is -3.00. The Morgan fingerprint density at radius 1 is 1.15 bits per heavy atom. The Kier molecular flexibility index (Phi) is 5.66. The van der Waals surface area contributed by atoms with Crippen LogP contribution < -0.4 is 0 Å². The standard InChI is InChI=1S/C19H18N4O3S/c1-13-8-9-16(10-17(13)23(25)26)18(24)12-27-19-21-20-14(2)22(19)11-15-6-4-3-5-7-15/h3-10H,11-12H2,1-2H3. The van der Waals surface area contributed by atoms with Gasteiger partial charge in [0.05, 0.1) is 17.2 Å². The monoisotopic (exact) mass is 382 g/mol. The maximum Gasteiger partial charge on any atom is 0.273 e. The summed E-state index contributed by atoms with van der Waals surface area (Å²) in [7, 11) is 0. The van der Waals surface area contributed by atoms with Gasteiger partial charge in [-0.2, -0.15) is 0 Å². The minimum atomic E-state index is -0.473. The second-order valence-corrected chi connectivity index (χ2v) is 7.01. The van der Waals surface area contributed by atoms with Gasteiger partial charge in [0.1, 0.15) is 5.82 Å². The van der Waals surface area contributed by atoms with E-state index in [-0.39, 0.29) is 17.2 Å². The van der Waals surface area contributed by atoms with Crippen molar-refractivity contribution < 1.29 is 9.72 Å². The molecule has 138 valence electrons. The molecule has 7 nitrogen and oxygen atoms in total. The van der Waals surface area contributed by atoms with Crippen LogP contribution in [0.1, 0.15) is 27.3 Å². The number of rotatable bonds is 7. The van der Waals surface area contributed by atoms with E-state index < -0.39 is 4.92 Å². The number of nitro groups is 1. The van der Waals surface area contributed by atoms with Crippen LogP contribution in [-0.2, 0) is 6.54 Å². The van der Waals surface area contributed by atoms with E-state index in [1.165, 1.54) is 17.8 Å². The van der Waals surface area contributed by atoms with Gasteiger partial charge < -0.3 is 4.57 Å². The number of carbonyl (C=O) groups is 1. The summed E-state index contributed by atoms with van der Waals surface area (Å²) in [5, 5.41) is 20.0. The number of ketones is 1. The molecule has 0 aliphatic rings. The molecule has 1 heterocycles. The number of hydrogen-bond donors (Lipinski definition) is 0. The number of aromatic nitrogens is 3. The van der Waals surface area contributed by atoms with Crippen molar-refractivity contribution >= 4 is 23.2 Å². The summed E-state index contributed by atoms with van der Waals surface area (Å²) >= 11 is 1.28. The van der Waals surface area contributed by atoms with Crippen molar-refractivity contribution in [3.63, 3.8) is 0 Å². The van der Waals surface area contributed by atoms with Gasteiger partial charge in [0.2, 0.25) is 0 Å². The molecule has 0 aliphatic carbocycles. The lowest BCUT2D eigenvalue weighted by Crippen LogP contribution is -2.07. The highest BCUT2D eigenvalue weighted by Gasteiger charge is 2.17. The Labute approximate surface area is 160 Å². The first-order valence-electron chi connectivity index (χ1n) is 8.30. The van der Waals surface area contributed by atoms with Gasteiger partial charge >= 0.3 is 0 Å². The van der Waals surface area contributed by atoms with E-state index in [0.29, 0.717) is 22.8 Å².